The summed E-state index contributed by atoms with van der Waals surface area (Å²) in [6.07, 6.45) is 0.393. The van der Waals surface area contributed by atoms with Gasteiger partial charge < -0.3 is 14.4 Å². The van der Waals surface area contributed by atoms with Gasteiger partial charge in [-0.15, -0.1) is 11.8 Å². The summed E-state index contributed by atoms with van der Waals surface area (Å²) in [4.78, 5) is 25.0. The molecule has 1 aromatic carbocycles. The third-order valence-corrected chi connectivity index (χ3v) is 5.39. The highest BCUT2D eigenvalue weighted by molar-refractivity contribution is 8.13. The van der Waals surface area contributed by atoms with Crippen LogP contribution in [0.15, 0.2) is 24.3 Å². The Hall–Kier alpha value is -1.34. The average molecular weight is 355 g/mol. The van der Waals surface area contributed by atoms with Crippen molar-refractivity contribution in [3.05, 3.63) is 24.3 Å². The Morgan fingerprint density at radius 3 is 2.65 bits per heavy atom. The number of benzene rings is 1. The molecule has 0 saturated carbocycles. The number of ether oxygens (including phenoxy) is 2. The molecule has 0 spiro atoms. The van der Waals surface area contributed by atoms with Gasteiger partial charge >= 0.3 is 0 Å². The summed E-state index contributed by atoms with van der Waals surface area (Å²) < 4.78 is 10.9. The maximum atomic E-state index is 12.2. The van der Waals surface area contributed by atoms with Gasteiger partial charge in [0, 0.05) is 31.4 Å². The van der Waals surface area contributed by atoms with Crippen LogP contribution in [0.2, 0.25) is 0 Å². The van der Waals surface area contributed by atoms with Crippen LogP contribution in [0.4, 0.5) is 0 Å². The van der Waals surface area contributed by atoms with E-state index < -0.39 is 0 Å². The van der Waals surface area contributed by atoms with Gasteiger partial charge in [0.25, 0.3) is 0 Å². The first-order valence-corrected chi connectivity index (χ1v) is 9.45. The van der Waals surface area contributed by atoms with Gasteiger partial charge in [-0.05, 0) is 24.3 Å². The van der Waals surface area contributed by atoms with E-state index in [-0.39, 0.29) is 16.4 Å². The molecule has 2 rings (SSSR count). The highest BCUT2D eigenvalue weighted by Gasteiger charge is 2.29. The summed E-state index contributed by atoms with van der Waals surface area (Å²) in [7, 11) is 1.62. The van der Waals surface area contributed by atoms with Crippen molar-refractivity contribution in [2.45, 2.75) is 18.7 Å². The van der Waals surface area contributed by atoms with E-state index >= 15 is 0 Å². The van der Waals surface area contributed by atoms with Crippen molar-refractivity contribution in [2.75, 3.05) is 31.8 Å². The van der Waals surface area contributed by atoms with Crippen LogP contribution < -0.4 is 9.47 Å². The Morgan fingerprint density at radius 1 is 1.30 bits per heavy atom. The van der Waals surface area contributed by atoms with Crippen molar-refractivity contribution < 1.29 is 19.1 Å². The average Bonchev–Trinajstić information content (AvgIpc) is 3.01. The second-order valence-corrected chi connectivity index (χ2v) is 7.55. The van der Waals surface area contributed by atoms with Gasteiger partial charge in [0.15, 0.2) is 5.12 Å². The fourth-order valence-corrected chi connectivity index (χ4v) is 3.92. The van der Waals surface area contributed by atoms with Gasteiger partial charge in [0.2, 0.25) is 5.91 Å². The van der Waals surface area contributed by atoms with Gasteiger partial charge in [-0.1, -0.05) is 11.8 Å². The van der Waals surface area contributed by atoms with Crippen LogP contribution in [0.3, 0.4) is 0 Å². The quantitative estimate of drug-likeness (QED) is 0.749. The van der Waals surface area contributed by atoms with E-state index in [4.69, 9.17) is 9.47 Å². The van der Waals surface area contributed by atoms with Gasteiger partial charge in [0.05, 0.1) is 7.11 Å². The summed E-state index contributed by atoms with van der Waals surface area (Å²) in [5.41, 5.74) is 0. The molecule has 0 radical (unpaired) electrons. The standard InChI is InChI=1S/C16H21NO4S2/c1-12(18)22-9-7-15(19)17-8-10-23-16(17)11-21-14-5-3-13(20-2)4-6-14/h3-6,16H,7-11H2,1-2H3. The minimum absolute atomic E-state index is 0.0342. The topological polar surface area (TPSA) is 55.8 Å². The zero-order valence-corrected chi connectivity index (χ0v) is 15.0. The fraction of sp³-hybridized carbons (Fsp3) is 0.500. The maximum Gasteiger partial charge on any atom is 0.224 e. The minimum atomic E-state index is 0.0342. The number of hydrogen-bond donors (Lipinski definition) is 0. The molecule has 1 aliphatic heterocycles. The van der Waals surface area contributed by atoms with Gasteiger partial charge in [-0.2, -0.15) is 0 Å². The first-order chi connectivity index (χ1) is 11.1. The van der Waals surface area contributed by atoms with Crippen molar-refractivity contribution in [1.82, 2.24) is 4.90 Å². The van der Waals surface area contributed by atoms with Gasteiger partial charge in [0.1, 0.15) is 23.5 Å². The molecule has 126 valence electrons. The lowest BCUT2D eigenvalue weighted by molar-refractivity contribution is -0.131. The smallest absolute Gasteiger partial charge is 0.224 e. The number of carbonyl (C=O) groups is 2. The molecule has 1 heterocycles. The van der Waals surface area contributed by atoms with E-state index in [1.807, 2.05) is 29.2 Å². The van der Waals surface area contributed by atoms with Crippen LogP contribution in [-0.4, -0.2) is 53.1 Å². The van der Waals surface area contributed by atoms with E-state index in [0.29, 0.717) is 18.8 Å². The maximum absolute atomic E-state index is 12.2. The molecule has 1 amide bonds. The van der Waals surface area contributed by atoms with Crippen molar-refractivity contribution in [1.29, 1.82) is 0 Å². The summed E-state index contributed by atoms with van der Waals surface area (Å²) in [6.45, 7) is 2.72. The molecule has 1 saturated heterocycles. The molecular formula is C16H21NO4S2. The van der Waals surface area contributed by atoms with Crippen molar-refractivity contribution in [3.63, 3.8) is 0 Å². The second-order valence-electron chi connectivity index (χ2n) is 4.99. The highest BCUT2D eigenvalue weighted by Crippen LogP contribution is 2.26. The summed E-state index contributed by atoms with van der Waals surface area (Å²) >= 11 is 2.92. The van der Waals surface area contributed by atoms with Crippen LogP contribution in [0.5, 0.6) is 11.5 Å². The van der Waals surface area contributed by atoms with Crippen LogP contribution in [-0.2, 0) is 9.59 Å². The second kappa shape index (κ2) is 9.08. The zero-order valence-electron chi connectivity index (χ0n) is 13.3. The van der Waals surface area contributed by atoms with Gasteiger partial charge in [-0.25, -0.2) is 0 Å². The molecule has 0 bridgehead atoms. The Kier molecular flexibility index (Phi) is 7.11. The lowest BCUT2D eigenvalue weighted by atomic mass is 10.3. The Bertz CT molecular complexity index is 535. The Labute approximate surface area is 145 Å². The highest BCUT2D eigenvalue weighted by atomic mass is 32.2. The minimum Gasteiger partial charge on any atom is -0.497 e. The van der Waals surface area contributed by atoms with E-state index in [2.05, 4.69) is 0 Å². The van der Waals surface area contributed by atoms with Crippen molar-refractivity contribution in [2.24, 2.45) is 0 Å². The summed E-state index contributed by atoms with van der Waals surface area (Å²) in [5, 5.41) is 0.0833. The zero-order chi connectivity index (χ0) is 16.7. The van der Waals surface area contributed by atoms with E-state index in [9.17, 15) is 9.59 Å². The monoisotopic (exact) mass is 355 g/mol. The molecule has 1 aliphatic rings. The van der Waals surface area contributed by atoms with Crippen molar-refractivity contribution >= 4 is 34.5 Å². The lowest BCUT2D eigenvalue weighted by Gasteiger charge is -2.24. The molecular weight excluding hydrogens is 334 g/mol. The van der Waals surface area contributed by atoms with E-state index in [1.54, 1.807) is 18.9 Å². The first kappa shape index (κ1) is 18.0. The predicted molar refractivity (Wildman–Crippen MR) is 94.2 cm³/mol. The fourth-order valence-electron chi connectivity index (χ4n) is 2.21. The third kappa shape index (κ3) is 5.66. The van der Waals surface area contributed by atoms with Crippen molar-refractivity contribution in [3.8, 4) is 11.5 Å². The molecule has 0 aliphatic carbocycles. The van der Waals surface area contributed by atoms with Crippen LogP contribution >= 0.6 is 23.5 Å². The molecule has 1 atom stereocenters. The number of carbonyl (C=O) groups excluding carboxylic acids is 2. The molecule has 7 heteroatoms. The normalized spacial score (nSPS) is 17.1. The SMILES string of the molecule is COc1ccc(OCC2SCCN2C(=O)CCSC(C)=O)cc1. The molecule has 1 aromatic rings. The van der Waals surface area contributed by atoms with Crippen LogP contribution in [0.1, 0.15) is 13.3 Å². The number of hydrogen-bond acceptors (Lipinski definition) is 6. The molecule has 0 aromatic heterocycles. The van der Waals surface area contributed by atoms with E-state index in [0.717, 1.165) is 23.8 Å². The molecule has 5 nitrogen and oxygen atoms in total. The Balaban J connectivity index is 1.81. The third-order valence-electron chi connectivity index (χ3n) is 3.38. The lowest BCUT2D eigenvalue weighted by Crippen LogP contribution is -2.38. The summed E-state index contributed by atoms with van der Waals surface area (Å²) in [5.74, 6) is 3.10. The van der Waals surface area contributed by atoms with E-state index in [1.165, 1.54) is 18.7 Å². The predicted octanol–water partition coefficient (Wildman–Crippen LogP) is 2.65. The number of methoxy groups -OCH3 is 1. The Morgan fingerprint density at radius 2 is 2.00 bits per heavy atom. The molecule has 1 fully saturated rings. The number of thioether (sulfide) groups is 2. The molecule has 0 N–H and O–H groups in total. The largest absolute Gasteiger partial charge is 0.497 e. The first-order valence-electron chi connectivity index (χ1n) is 7.41. The van der Waals surface area contributed by atoms with Gasteiger partial charge in [-0.3, -0.25) is 9.59 Å². The number of nitrogens with zero attached hydrogens (tertiary/aromatic N) is 1. The van der Waals surface area contributed by atoms with Crippen LogP contribution in [0, 0.1) is 0 Å². The number of rotatable bonds is 7. The number of amides is 1. The molecule has 23 heavy (non-hydrogen) atoms. The molecule has 1 unspecified atom stereocenters. The van der Waals surface area contributed by atoms with Crippen LogP contribution in [0.25, 0.3) is 0 Å². The summed E-state index contributed by atoms with van der Waals surface area (Å²) in [6, 6.07) is 7.40.